The van der Waals surface area contributed by atoms with E-state index in [9.17, 15) is 4.39 Å². The van der Waals surface area contributed by atoms with Gasteiger partial charge in [-0.15, -0.1) is 0 Å². The molecule has 0 heterocycles. The monoisotopic (exact) mass is 232 g/mol. The second-order valence-electron chi connectivity index (χ2n) is 2.42. The summed E-state index contributed by atoms with van der Waals surface area (Å²) in [4.78, 5) is 0. The Labute approximate surface area is 79.7 Å². The van der Waals surface area contributed by atoms with E-state index in [-0.39, 0.29) is 5.82 Å². The number of hydrogen-bond acceptors (Lipinski definition) is 1. The fourth-order valence-corrected chi connectivity index (χ4v) is 1.80. The predicted molar refractivity (Wildman–Crippen MR) is 50.0 cm³/mol. The maximum Gasteiger partial charge on any atom is 0.128 e. The van der Waals surface area contributed by atoms with Crippen molar-refractivity contribution >= 4 is 15.9 Å². The molecule has 0 aliphatic carbocycles. The van der Waals surface area contributed by atoms with E-state index in [1.165, 1.54) is 12.1 Å². The van der Waals surface area contributed by atoms with Gasteiger partial charge in [-0.25, -0.2) is 4.39 Å². The number of rotatable bonds is 2. The second kappa shape index (κ2) is 3.90. The first kappa shape index (κ1) is 9.52. The van der Waals surface area contributed by atoms with Crippen LogP contribution in [0.3, 0.4) is 0 Å². The van der Waals surface area contributed by atoms with Crippen LogP contribution in [-0.4, -0.2) is 7.11 Å². The zero-order valence-corrected chi connectivity index (χ0v) is 8.61. The van der Waals surface area contributed by atoms with E-state index in [1.807, 2.05) is 6.92 Å². The number of hydrogen-bond donors (Lipinski definition) is 0. The van der Waals surface area contributed by atoms with Gasteiger partial charge in [0.05, 0.1) is 7.11 Å². The van der Waals surface area contributed by atoms with Crippen LogP contribution in [0.4, 0.5) is 4.39 Å². The minimum absolute atomic E-state index is 0.282. The summed E-state index contributed by atoms with van der Waals surface area (Å²) in [7, 11) is 1.54. The molecule has 0 amide bonds. The molecule has 0 bridgehead atoms. The summed E-state index contributed by atoms with van der Waals surface area (Å²) in [5.41, 5.74) is 0.999. The van der Waals surface area contributed by atoms with Crippen molar-refractivity contribution in [1.29, 1.82) is 0 Å². The lowest BCUT2D eigenvalue weighted by molar-refractivity contribution is 0.406. The van der Waals surface area contributed by atoms with E-state index in [4.69, 9.17) is 4.74 Å². The van der Waals surface area contributed by atoms with Crippen molar-refractivity contribution in [3.8, 4) is 5.75 Å². The van der Waals surface area contributed by atoms with Crippen molar-refractivity contribution in [1.82, 2.24) is 0 Å². The molecule has 0 atom stereocenters. The van der Waals surface area contributed by atoms with E-state index in [2.05, 4.69) is 15.9 Å². The third-order valence-electron chi connectivity index (χ3n) is 1.69. The highest BCUT2D eigenvalue weighted by molar-refractivity contribution is 9.10. The Morgan fingerprint density at radius 2 is 2.17 bits per heavy atom. The average Bonchev–Trinajstić information content (AvgIpc) is 2.03. The zero-order chi connectivity index (χ0) is 9.14. The SMILES string of the molecule is CCc1c(Br)cc(F)cc1OC. The van der Waals surface area contributed by atoms with Crippen molar-refractivity contribution < 1.29 is 9.13 Å². The fourth-order valence-electron chi connectivity index (χ4n) is 1.11. The molecule has 0 aliphatic rings. The number of ether oxygens (including phenoxy) is 1. The summed E-state index contributed by atoms with van der Waals surface area (Å²) in [6.45, 7) is 2.00. The van der Waals surface area contributed by atoms with Gasteiger partial charge < -0.3 is 4.74 Å². The molecule has 0 saturated carbocycles. The van der Waals surface area contributed by atoms with Gasteiger partial charge in [0.15, 0.2) is 0 Å². The topological polar surface area (TPSA) is 9.23 Å². The van der Waals surface area contributed by atoms with E-state index in [1.54, 1.807) is 7.11 Å². The highest BCUT2D eigenvalue weighted by Crippen LogP contribution is 2.28. The van der Waals surface area contributed by atoms with Gasteiger partial charge in [-0.1, -0.05) is 22.9 Å². The molecule has 0 radical (unpaired) electrons. The van der Waals surface area contributed by atoms with Crippen molar-refractivity contribution in [3.05, 3.63) is 28.0 Å². The van der Waals surface area contributed by atoms with Gasteiger partial charge in [-0.3, -0.25) is 0 Å². The zero-order valence-electron chi connectivity index (χ0n) is 7.03. The molecule has 1 aromatic rings. The minimum Gasteiger partial charge on any atom is -0.496 e. The van der Waals surface area contributed by atoms with Crippen molar-refractivity contribution in [2.75, 3.05) is 7.11 Å². The largest absolute Gasteiger partial charge is 0.496 e. The molecule has 1 nitrogen and oxygen atoms in total. The molecule has 0 unspecified atom stereocenters. The Hall–Kier alpha value is -0.570. The first-order chi connectivity index (χ1) is 5.69. The lowest BCUT2D eigenvalue weighted by Crippen LogP contribution is -1.93. The first-order valence-electron chi connectivity index (χ1n) is 3.71. The Morgan fingerprint density at radius 1 is 1.50 bits per heavy atom. The summed E-state index contributed by atoms with van der Waals surface area (Å²) in [5.74, 6) is 0.320. The van der Waals surface area contributed by atoms with Crippen molar-refractivity contribution in [2.45, 2.75) is 13.3 Å². The highest BCUT2D eigenvalue weighted by atomic mass is 79.9. The Bertz CT molecular complexity index is 286. The summed E-state index contributed by atoms with van der Waals surface area (Å²) >= 11 is 3.28. The normalized spacial score (nSPS) is 10.0. The number of methoxy groups -OCH3 is 1. The van der Waals surface area contributed by atoms with Crippen LogP contribution in [0.15, 0.2) is 16.6 Å². The van der Waals surface area contributed by atoms with Gasteiger partial charge in [0.2, 0.25) is 0 Å². The predicted octanol–water partition coefficient (Wildman–Crippen LogP) is 3.16. The van der Waals surface area contributed by atoms with Crippen LogP contribution in [-0.2, 0) is 6.42 Å². The Kier molecular flexibility index (Phi) is 3.09. The molecule has 66 valence electrons. The van der Waals surface area contributed by atoms with E-state index in [0.717, 1.165) is 16.5 Å². The second-order valence-corrected chi connectivity index (χ2v) is 3.28. The lowest BCUT2D eigenvalue weighted by atomic mass is 10.1. The third-order valence-corrected chi connectivity index (χ3v) is 2.40. The van der Waals surface area contributed by atoms with Gasteiger partial charge in [0.25, 0.3) is 0 Å². The summed E-state index contributed by atoms with van der Waals surface area (Å²) < 4.78 is 18.6. The fraction of sp³-hybridized carbons (Fsp3) is 0.333. The van der Waals surface area contributed by atoms with Crippen LogP contribution in [0.25, 0.3) is 0 Å². The smallest absolute Gasteiger partial charge is 0.128 e. The molecule has 1 aromatic carbocycles. The number of halogens is 2. The molecule has 0 fully saturated rings. The van der Waals surface area contributed by atoms with Crippen molar-refractivity contribution in [2.24, 2.45) is 0 Å². The van der Waals surface area contributed by atoms with Crippen LogP contribution in [0.2, 0.25) is 0 Å². The minimum atomic E-state index is -0.282. The van der Waals surface area contributed by atoms with Gasteiger partial charge in [-0.2, -0.15) is 0 Å². The summed E-state index contributed by atoms with van der Waals surface area (Å²) in [6.07, 6.45) is 0.823. The Balaban J connectivity index is 3.24. The molecule has 0 aromatic heterocycles. The molecule has 3 heteroatoms. The summed E-state index contributed by atoms with van der Waals surface area (Å²) in [5, 5.41) is 0. The first-order valence-corrected chi connectivity index (χ1v) is 4.50. The molecular formula is C9H10BrFO. The van der Waals surface area contributed by atoms with Crippen LogP contribution >= 0.6 is 15.9 Å². The van der Waals surface area contributed by atoms with Gasteiger partial charge in [0.1, 0.15) is 11.6 Å². The van der Waals surface area contributed by atoms with Gasteiger partial charge in [-0.05, 0) is 12.5 Å². The van der Waals surface area contributed by atoms with E-state index < -0.39 is 0 Å². The van der Waals surface area contributed by atoms with E-state index >= 15 is 0 Å². The maximum absolute atomic E-state index is 12.8. The molecule has 0 saturated heterocycles. The molecule has 0 spiro atoms. The highest BCUT2D eigenvalue weighted by Gasteiger charge is 2.07. The van der Waals surface area contributed by atoms with Crippen LogP contribution in [0, 0.1) is 5.82 Å². The molecule has 1 rings (SSSR count). The quantitative estimate of drug-likeness (QED) is 0.762. The molecule has 12 heavy (non-hydrogen) atoms. The van der Waals surface area contributed by atoms with Gasteiger partial charge in [0, 0.05) is 16.1 Å². The Morgan fingerprint density at radius 3 is 2.67 bits per heavy atom. The average molecular weight is 233 g/mol. The van der Waals surface area contributed by atoms with Gasteiger partial charge >= 0.3 is 0 Å². The molecule has 0 N–H and O–H groups in total. The number of benzene rings is 1. The van der Waals surface area contributed by atoms with Crippen LogP contribution in [0.5, 0.6) is 5.75 Å². The van der Waals surface area contributed by atoms with Crippen LogP contribution in [0.1, 0.15) is 12.5 Å². The maximum atomic E-state index is 12.8. The summed E-state index contributed by atoms with van der Waals surface area (Å²) in [6, 6.07) is 2.84. The molecular weight excluding hydrogens is 223 g/mol. The lowest BCUT2D eigenvalue weighted by Gasteiger charge is -2.08. The van der Waals surface area contributed by atoms with Crippen molar-refractivity contribution in [3.63, 3.8) is 0 Å². The third kappa shape index (κ3) is 1.78. The molecule has 0 aliphatic heterocycles. The van der Waals surface area contributed by atoms with E-state index in [0.29, 0.717) is 5.75 Å². The standard InChI is InChI=1S/C9H10BrFO/c1-3-7-8(10)4-6(11)5-9(7)12-2/h4-5H,3H2,1-2H3. The van der Waals surface area contributed by atoms with Crippen LogP contribution < -0.4 is 4.74 Å².